The number of rotatable bonds is 4. The van der Waals surface area contributed by atoms with Crippen LogP contribution in [-0.4, -0.2) is 9.55 Å². The topological polar surface area (TPSA) is 21.7 Å². The molecule has 3 heteroatoms. The minimum absolute atomic E-state index is 0.437. The van der Waals surface area contributed by atoms with Crippen molar-refractivity contribution in [2.75, 3.05) is 0 Å². The maximum Gasteiger partial charge on any atom is 0.214 e. The minimum Gasteiger partial charge on any atom is -0.291 e. The summed E-state index contributed by atoms with van der Waals surface area (Å²) in [4.78, 5) is 5.04. The van der Waals surface area contributed by atoms with E-state index in [0.717, 1.165) is 16.9 Å². The van der Waals surface area contributed by atoms with Crippen LogP contribution in [0.25, 0.3) is 28.0 Å². The lowest BCUT2D eigenvalue weighted by Crippen LogP contribution is -2.31. The van der Waals surface area contributed by atoms with Crippen LogP contribution in [0.2, 0.25) is 0 Å². The highest BCUT2D eigenvalue weighted by Gasteiger charge is 2.23. The molecule has 0 saturated heterocycles. The normalized spacial score (nSPS) is 11.8. The number of pyridine rings is 1. The van der Waals surface area contributed by atoms with E-state index in [4.69, 9.17) is 4.98 Å². The minimum atomic E-state index is 0.437. The van der Waals surface area contributed by atoms with Gasteiger partial charge in [-0.2, -0.15) is 4.57 Å². The van der Waals surface area contributed by atoms with Gasteiger partial charge in [-0.3, -0.25) is 4.57 Å². The van der Waals surface area contributed by atoms with Gasteiger partial charge in [0.1, 0.15) is 23.9 Å². The van der Waals surface area contributed by atoms with E-state index in [2.05, 4.69) is 114 Å². The van der Waals surface area contributed by atoms with Gasteiger partial charge in [0.2, 0.25) is 5.69 Å². The zero-order chi connectivity index (χ0) is 23.3. The van der Waals surface area contributed by atoms with E-state index in [-0.39, 0.29) is 0 Å². The summed E-state index contributed by atoms with van der Waals surface area (Å²) in [6.45, 7) is 17.8. The van der Waals surface area contributed by atoms with Crippen molar-refractivity contribution in [3.8, 4) is 16.9 Å². The Morgan fingerprint density at radius 1 is 0.875 bits per heavy atom. The van der Waals surface area contributed by atoms with E-state index < -0.39 is 0 Å². The highest BCUT2D eigenvalue weighted by Crippen LogP contribution is 2.35. The number of fused-ring (bicyclic) bond motifs is 1. The van der Waals surface area contributed by atoms with Crippen molar-refractivity contribution < 1.29 is 4.57 Å². The summed E-state index contributed by atoms with van der Waals surface area (Å²) in [6.07, 6.45) is 2.25. The average Bonchev–Trinajstić information content (AvgIpc) is 3.03. The van der Waals surface area contributed by atoms with Gasteiger partial charge in [0.15, 0.2) is 6.20 Å². The SMILES string of the molecule is Cc1cc(C)c(C)c(-c2cc3nc(C)n(-c4c(C(C)C)cccc4C(C)C)c3c[n+]2C)c1. The van der Waals surface area contributed by atoms with Gasteiger partial charge >= 0.3 is 0 Å². The van der Waals surface area contributed by atoms with Gasteiger partial charge in [0, 0.05) is 11.6 Å². The van der Waals surface area contributed by atoms with Crippen molar-refractivity contribution in [1.29, 1.82) is 0 Å². The monoisotopic (exact) mass is 426 g/mol. The van der Waals surface area contributed by atoms with Crippen LogP contribution in [0.5, 0.6) is 0 Å². The van der Waals surface area contributed by atoms with Crippen molar-refractivity contribution in [1.82, 2.24) is 9.55 Å². The molecule has 0 fully saturated rings. The standard InChI is InChI=1S/C29H36N3/c1-17(2)23-11-10-12-24(18(3)4)29(23)32-22(8)30-26-15-27(31(9)16-28(26)32)25-14-19(5)13-20(6)21(25)7/h10-18H,1-9H3/q+1. The number of hydrogen-bond acceptors (Lipinski definition) is 1. The Balaban J connectivity index is 2.03. The lowest BCUT2D eigenvalue weighted by molar-refractivity contribution is -0.659. The zero-order valence-corrected chi connectivity index (χ0v) is 21.0. The number of para-hydroxylation sites is 1. The molecule has 0 saturated carbocycles. The molecule has 0 bridgehead atoms. The van der Waals surface area contributed by atoms with Gasteiger partial charge in [-0.1, -0.05) is 57.5 Å². The predicted molar refractivity (Wildman–Crippen MR) is 135 cm³/mol. The summed E-state index contributed by atoms with van der Waals surface area (Å²) >= 11 is 0. The first-order valence-corrected chi connectivity index (χ1v) is 11.7. The molecule has 4 aromatic rings. The highest BCUT2D eigenvalue weighted by molar-refractivity contribution is 5.81. The van der Waals surface area contributed by atoms with Crippen LogP contribution >= 0.6 is 0 Å². The molecule has 0 spiro atoms. The lowest BCUT2D eigenvalue weighted by atomic mass is 9.92. The van der Waals surface area contributed by atoms with Crippen molar-refractivity contribution >= 4 is 11.0 Å². The first kappa shape index (κ1) is 22.3. The molecule has 0 aliphatic rings. The van der Waals surface area contributed by atoms with Crippen LogP contribution < -0.4 is 4.57 Å². The number of aryl methyl sites for hydroxylation is 4. The van der Waals surface area contributed by atoms with Gasteiger partial charge in [-0.05, 0) is 67.9 Å². The van der Waals surface area contributed by atoms with Crippen LogP contribution in [0.3, 0.4) is 0 Å². The molecule has 0 atom stereocenters. The molecule has 0 aliphatic carbocycles. The van der Waals surface area contributed by atoms with Gasteiger partial charge in [0.05, 0.1) is 5.69 Å². The van der Waals surface area contributed by atoms with Crippen LogP contribution in [0.1, 0.15) is 73.2 Å². The van der Waals surface area contributed by atoms with E-state index in [1.54, 1.807) is 0 Å². The summed E-state index contributed by atoms with van der Waals surface area (Å²) < 4.78 is 4.63. The van der Waals surface area contributed by atoms with Gasteiger partial charge < -0.3 is 0 Å². The van der Waals surface area contributed by atoms with E-state index in [0.29, 0.717) is 11.8 Å². The molecule has 2 aromatic carbocycles. The molecule has 0 N–H and O–H groups in total. The molecule has 2 aromatic heterocycles. The third-order valence-electron chi connectivity index (χ3n) is 6.73. The summed E-state index contributed by atoms with van der Waals surface area (Å²) in [7, 11) is 2.15. The average molecular weight is 427 g/mol. The first-order chi connectivity index (χ1) is 15.1. The third-order valence-corrected chi connectivity index (χ3v) is 6.73. The van der Waals surface area contributed by atoms with Crippen molar-refractivity contribution in [2.24, 2.45) is 7.05 Å². The molecular weight excluding hydrogens is 390 g/mol. The third kappa shape index (κ3) is 3.64. The Labute approximate surface area is 192 Å². The number of hydrogen-bond donors (Lipinski definition) is 0. The molecular formula is C29H36N3+. The van der Waals surface area contributed by atoms with Crippen molar-refractivity contribution in [3.05, 3.63) is 76.2 Å². The Morgan fingerprint density at radius 2 is 1.50 bits per heavy atom. The van der Waals surface area contributed by atoms with Crippen molar-refractivity contribution in [2.45, 2.75) is 67.2 Å². The maximum atomic E-state index is 5.04. The van der Waals surface area contributed by atoms with Crippen LogP contribution in [0.15, 0.2) is 42.6 Å². The predicted octanol–water partition coefficient (Wildman–Crippen LogP) is 7.00. The van der Waals surface area contributed by atoms with Crippen LogP contribution in [-0.2, 0) is 7.05 Å². The molecule has 0 amide bonds. The molecule has 2 heterocycles. The van der Waals surface area contributed by atoms with Gasteiger partial charge in [-0.15, -0.1) is 0 Å². The zero-order valence-electron chi connectivity index (χ0n) is 21.0. The second kappa shape index (κ2) is 8.20. The first-order valence-electron chi connectivity index (χ1n) is 11.7. The molecule has 3 nitrogen and oxygen atoms in total. The Morgan fingerprint density at radius 3 is 2.09 bits per heavy atom. The molecule has 32 heavy (non-hydrogen) atoms. The number of benzene rings is 2. The summed E-state index contributed by atoms with van der Waals surface area (Å²) in [5.41, 5.74) is 12.7. The molecule has 0 unspecified atom stereocenters. The summed E-state index contributed by atoms with van der Waals surface area (Å²) in [5, 5.41) is 0. The fourth-order valence-corrected chi connectivity index (χ4v) is 4.91. The smallest absolute Gasteiger partial charge is 0.214 e. The van der Waals surface area contributed by atoms with Gasteiger partial charge in [-0.25, -0.2) is 4.98 Å². The molecule has 0 radical (unpaired) electrons. The molecule has 4 rings (SSSR count). The Bertz CT molecular complexity index is 1300. The molecule has 0 aliphatic heterocycles. The Kier molecular flexibility index (Phi) is 5.70. The number of nitrogens with zero attached hydrogens (tertiary/aromatic N) is 3. The van der Waals surface area contributed by atoms with E-state index in [9.17, 15) is 0 Å². The highest BCUT2D eigenvalue weighted by atomic mass is 15.1. The fourth-order valence-electron chi connectivity index (χ4n) is 4.91. The number of aromatic nitrogens is 3. The fraction of sp³-hybridized carbons (Fsp3) is 0.379. The number of imidazole rings is 1. The maximum absolute atomic E-state index is 5.04. The van der Waals surface area contributed by atoms with Crippen molar-refractivity contribution in [3.63, 3.8) is 0 Å². The molecule has 166 valence electrons. The second-order valence-corrected chi connectivity index (χ2v) is 9.88. The van der Waals surface area contributed by atoms with Gasteiger partial charge in [0.25, 0.3) is 0 Å². The van der Waals surface area contributed by atoms with Crippen LogP contribution in [0, 0.1) is 27.7 Å². The Hall–Kier alpha value is -2.94. The quantitative estimate of drug-likeness (QED) is 0.322. The van der Waals surface area contributed by atoms with E-state index in [1.165, 1.54) is 44.8 Å². The van der Waals surface area contributed by atoms with E-state index >= 15 is 0 Å². The summed E-state index contributed by atoms with van der Waals surface area (Å²) in [5.74, 6) is 1.90. The second-order valence-electron chi connectivity index (χ2n) is 9.88. The van der Waals surface area contributed by atoms with E-state index in [1.807, 2.05) is 0 Å². The lowest BCUT2D eigenvalue weighted by Gasteiger charge is -2.21. The summed E-state index contributed by atoms with van der Waals surface area (Å²) in [6, 6.07) is 13.5. The van der Waals surface area contributed by atoms with Crippen LogP contribution in [0.4, 0.5) is 0 Å². The largest absolute Gasteiger partial charge is 0.291 e.